The summed E-state index contributed by atoms with van der Waals surface area (Å²) < 4.78 is 0. The van der Waals surface area contributed by atoms with Crippen molar-refractivity contribution in [2.75, 3.05) is 23.7 Å². The van der Waals surface area contributed by atoms with Crippen LogP contribution >= 0.6 is 0 Å². The van der Waals surface area contributed by atoms with Gasteiger partial charge in [0.05, 0.1) is 6.54 Å². The summed E-state index contributed by atoms with van der Waals surface area (Å²) in [5.41, 5.74) is 5.06. The van der Waals surface area contributed by atoms with E-state index < -0.39 is 0 Å². The number of anilines is 2. The van der Waals surface area contributed by atoms with Crippen LogP contribution in [0.2, 0.25) is 0 Å². The molecule has 0 heterocycles. The Bertz CT molecular complexity index is 800. The average Bonchev–Trinajstić information content (AvgIpc) is 2.63. The van der Waals surface area contributed by atoms with Crippen molar-refractivity contribution in [3.8, 4) is 0 Å². The van der Waals surface area contributed by atoms with E-state index in [1.807, 2.05) is 51.1 Å². The first kappa shape index (κ1) is 20.5. The average molecular weight is 367 g/mol. The van der Waals surface area contributed by atoms with Gasteiger partial charge in [-0.25, -0.2) is 0 Å². The fourth-order valence-corrected chi connectivity index (χ4v) is 2.64. The number of amides is 2. The Balaban J connectivity index is 1.83. The van der Waals surface area contributed by atoms with Gasteiger partial charge in [-0.2, -0.15) is 0 Å². The predicted molar refractivity (Wildman–Crippen MR) is 111 cm³/mol. The number of hydrogen-bond acceptors (Lipinski definition) is 3. The minimum atomic E-state index is -0.0817. The molecule has 2 aromatic carbocycles. The van der Waals surface area contributed by atoms with E-state index >= 15 is 0 Å². The first-order valence-electron chi connectivity index (χ1n) is 9.33. The van der Waals surface area contributed by atoms with Crippen LogP contribution in [0.4, 0.5) is 11.4 Å². The molecule has 3 N–H and O–H groups in total. The highest BCUT2D eigenvalue weighted by molar-refractivity contribution is 5.92. The van der Waals surface area contributed by atoms with Gasteiger partial charge >= 0.3 is 0 Å². The minimum absolute atomic E-state index is 0.0289. The van der Waals surface area contributed by atoms with Crippen LogP contribution in [0, 0.1) is 19.8 Å². The van der Waals surface area contributed by atoms with Gasteiger partial charge in [0.1, 0.15) is 0 Å². The largest absolute Gasteiger partial charge is 0.376 e. The summed E-state index contributed by atoms with van der Waals surface area (Å²) >= 11 is 0. The lowest BCUT2D eigenvalue weighted by Crippen LogP contribution is -2.31. The smallest absolute Gasteiger partial charge is 0.239 e. The van der Waals surface area contributed by atoms with Gasteiger partial charge in [0.25, 0.3) is 0 Å². The molecule has 5 nitrogen and oxygen atoms in total. The molecule has 2 amide bonds. The monoisotopic (exact) mass is 367 g/mol. The Kier molecular flexibility index (Phi) is 7.41. The van der Waals surface area contributed by atoms with E-state index in [4.69, 9.17) is 0 Å². The number of aryl methyl sites for hydroxylation is 2. The van der Waals surface area contributed by atoms with Gasteiger partial charge in [-0.15, -0.1) is 0 Å². The summed E-state index contributed by atoms with van der Waals surface area (Å²) in [6.45, 7) is 8.54. The molecule has 0 aromatic heterocycles. The van der Waals surface area contributed by atoms with Crippen LogP contribution in [0.15, 0.2) is 42.5 Å². The molecule has 0 bridgehead atoms. The maximum Gasteiger partial charge on any atom is 0.239 e. The number of benzene rings is 2. The molecule has 0 aliphatic rings. The maximum absolute atomic E-state index is 12.1. The van der Waals surface area contributed by atoms with Crippen LogP contribution in [-0.4, -0.2) is 24.9 Å². The molecule has 2 aromatic rings. The Morgan fingerprint density at radius 2 is 1.74 bits per heavy atom. The zero-order valence-corrected chi connectivity index (χ0v) is 16.6. The lowest BCUT2D eigenvalue weighted by atomic mass is 10.1. The van der Waals surface area contributed by atoms with Gasteiger partial charge < -0.3 is 16.0 Å². The van der Waals surface area contributed by atoms with E-state index in [1.165, 1.54) is 11.1 Å². The van der Waals surface area contributed by atoms with Crippen LogP contribution in [0.3, 0.4) is 0 Å². The van der Waals surface area contributed by atoms with Crippen molar-refractivity contribution in [3.05, 3.63) is 59.2 Å². The lowest BCUT2D eigenvalue weighted by molar-refractivity contribution is -0.120. The molecule has 2 rings (SSSR count). The molecule has 5 heteroatoms. The van der Waals surface area contributed by atoms with Crippen molar-refractivity contribution in [1.29, 1.82) is 0 Å². The van der Waals surface area contributed by atoms with Crippen LogP contribution < -0.4 is 16.0 Å². The predicted octanol–water partition coefficient (Wildman–Crippen LogP) is 3.67. The molecule has 0 atom stereocenters. The summed E-state index contributed by atoms with van der Waals surface area (Å²) in [4.78, 5) is 23.9. The lowest BCUT2D eigenvalue weighted by Gasteiger charge is -2.13. The van der Waals surface area contributed by atoms with E-state index in [1.54, 1.807) is 0 Å². The van der Waals surface area contributed by atoms with Gasteiger partial charge in [0, 0.05) is 23.8 Å². The van der Waals surface area contributed by atoms with Gasteiger partial charge in [0.2, 0.25) is 11.8 Å². The third-order valence-corrected chi connectivity index (χ3v) is 4.45. The molecule has 0 fully saturated rings. The van der Waals surface area contributed by atoms with Gasteiger partial charge in [-0.1, -0.05) is 44.2 Å². The van der Waals surface area contributed by atoms with Crippen molar-refractivity contribution < 1.29 is 9.59 Å². The highest BCUT2D eigenvalue weighted by Crippen LogP contribution is 2.20. The number of hydrogen-bond donors (Lipinski definition) is 3. The van der Waals surface area contributed by atoms with Crippen molar-refractivity contribution in [2.24, 2.45) is 5.92 Å². The summed E-state index contributed by atoms with van der Waals surface area (Å²) in [5, 5.41) is 8.97. The zero-order valence-electron chi connectivity index (χ0n) is 16.6. The Morgan fingerprint density at radius 3 is 2.44 bits per heavy atom. The quantitative estimate of drug-likeness (QED) is 0.667. The normalized spacial score (nSPS) is 10.6. The maximum atomic E-state index is 12.1. The highest BCUT2D eigenvalue weighted by atomic mass is 16.2. The number of carbonyl (C=O) groups is 2. The first-order chi connectivity index (χ1) is 12.9. The Morgan fingerprint density at radius 1 is 1.00 bits per heavy atom. The summed E-state index contributed by atoms with van der Waals surface area (Å²) in [5.74, 6) is -0.167. The van der Waals surface area contributed by atoms with Gasteiger partial charge in [-0.3, -0.25) is 9.59 Å². The zero-order chi connectivity index (χ0) is 19.8. The van der Waals surface area contributed by atoms with Crippen molar-refractivity contribution in [2.45, 2.75) is 34.1 Å². The minimum Gasteiger partial charge on any atom is -0.376 e. The standard InChI is InChI=1S/C22H29N3O2/c1-15(2)22(27)25-19-10-9-17(4)20(13-19)24-14-21(26)23-12-11-18-8-6-5-7-16(18)3/h5-10,13,15,24H,11-12,14H2,1-4H3,(H,23,26)(H,25,27). The van der Waals surface area contributed by atoms with E-state index in [0.29, 0.717) is 6.54 Å². The number of carbonyl (C=O) groups excluding carboxylic acids is 2. The highest BCUT2D eigenvalue weighted by Gasteiger charge is 2.09. The van der Waals surface area contributed by atoms with E-state index in [2.05, 4.69) is 35.0 Å². The molecule has 0 aliphatic heterocycles. The molecular formula is C22H29N3O2. The second kappa shape index (κ2) is 9.76. The van der Waals surface area contributed by atoms with Crippen LogP contribution in [0.25, 0.3) is 0 Å². The fourth-order valence-electron chi connectivity index (χ4n) is 2.64. The third kappa shape index (κ3) is 6.44. The first-order valence-corrected chi connectivity index (χ1v) is 9.33. The number of rotatable bonds is 8. The van der Waals surface area contributed by atoms with Crippen LogP contribution in [0.1, 0.15) is 30.5 Å². The number of nitrogens with one attached hydrogen (secondary N) is 3. The molecule has 144 valence electrons. The summed E-state index contributed by atoms with van der Waals surface area (Å²) in [7, 11) is 0. The second-order valence-electron chi connectivity index (χ2n) is 7.05. The molecule has 27 heavy (non-hydrogen) atoms. The summed E-state index contributed by atoms with van der Waals surface area (Å²) in [6, 6.07) is 13.8. The molecular weight excluding hydrogens is 338 g/mol. The van der Waals surface area contributed by atoms with Gasteiger partial charge in [0.15, 0.2) is 0 Å². The van der Waals surface area contributed by atoms with Crippen LogP contribution in [0.5, 0.6) is 0 Å². The Labute approximate surface area is 161 Å². The topological polar surface area (TPSA) is 70.2 Å². The van der Waals surface area contributed by atoms with Gasteiger partial charge in [-0.05, 0) is 49.1 Å². The molecule has 0 radical (unpaired) electrons. The molecule has 0 aliphatic carbocycles. The Hall–Kier alpha value is -2.82. The molecule has 0 spiro atoms. The van der Waals surface area contributed by atoms with Crippen molar-refractivity contribution >= 4 is 23.2 Å². The molecule has 0 saturated carbocycles. The van der Waals surface area contributed by atoms with E-state index in [-0.39, 0.29) is 24.3 Å². The van der Waals surface area contributed by atoms with Crippen LogP contribution in [-0.2, 0) is 16.0 Å². The summed E-state index contributed by atoms with van der Waals surface area (Å²) in [6.07, 6.45) is 0.814. The SMILES string of the molecule is Cc1ccccc1CCNC(=O)CNc1cc(NC(=O)C(C)C)ccc1C. The second-order valence-corrected chi connectivity index (χ2v) is 7.05. The van der Waals surface area contributed by atoms with Crippen molar-refractivity contribution in [3.63, 3.8) is 0 Å². The molecule has 0 saturated heterocycles. The van der Waals surface area contributed by atoms with Crippen molar-refractivity contribution in [1.82, 2.24) is 5.32 Å². The van der Waals surface area contributed by atoms with E-state index in [0.717, 1.165) is 23.4 Å². The fraction of sp³-hybridized carbons (Fsp3) is 0.364. The van der Waals surface area contributed by atoms with E-state index in [9.17, 15) is 9.59 Å². The third-order valence-electron chi connectivity index (χ3n) is 4.45. The molecule has 0 unspecified atom stereocenters.